The zero-order chi connectivity index (χ0) is 14.5. The molecule has 7 nitrogen and oxygen atoms in total. The van der Waals surface area contributed by atoms with Gasteiger partial charge < -0.3 is 15.7 Å². The molecule has 7 heteroatoms. The summed E-state index contributed by atoms with van der Waals surface area (Å²) in [5, 5.41) is 18.2. The quantitative estimate of drug-likeness (QED) is 0.731. The molecule has 0 radical (unpaired) electrons. The molecule has 1 atom stereocenters. The number of hydrogen-bond acceptors (Lipinski definition) is 3. The number of nitrogens with one attached hydrogen (secondary N) is 2. The summed E-state index contributed by atoms with van der Waals surface area (Å²) in [6, 6.07) is -0.547. The van der Waals surface area contributed by atoms with Gasteiger partial charge in [0.25, 0.3) is 0 Å². The molecule has 0 saturated carbocycles. The lowest BCUT2D eigenvalue weighted by Crippen LogP contribution is -2.53. The first-order valence-corrected chi connectivity index (χ1v) is 6.26. The van der Waals surface area contributed by atoms with E-state index in [-0.39, 0.29) is 0 Å². The average molecular weight is 268 g/mol. The summed E-state index contributed by atoms with van der Waals surface area (Å²) in [5.74, 6) is -1.05. The van der Waals surface area contributed by atoms with Crippen molar-refractivity contribution in [1.82, 2.24) is 15.1 Å². The molecule has 0 saturated heterocycles. The molecular weight excluding hydrogens is 248 g/mol. The lowest BCUT2D eigenvalue weighted by Gasteiger charge is -2.25. The third kappa shape index (κ3) is 3.97. The standard InChI is InChI=1S/C12H20N4O3/c1-4-6-12(3,10(17)18)15-11(19)14-9-7-13-16(5-2)8-9/h7-8H,4-6H2,1-3H3,(H,17,18)(H2,14,15,19). The highest BCUT2D eigenvalue weighted by atomic mass is 16.4. The number of nitrogens with zero attached hydrogens (tertiary/aromatic N) is 2. The third-order valence-corrected chi connectivity index (χ3v) is 2.83. The van der Waals surface area contributed by atoms with E-state index in [1.165, 1.54) is 13.1 Å². The van der Waals surface area contributed by atoms with Crippen LogP contribution < -0.4 is 10.6 Å². The minimum absolute atomic E-state index is 0.365. The number of anilines is 1. The maximum atomic E-state index is 11.8. The summed E-state index contributed by atoms with van der Waals surface area (Å²) in [6.45, 7) is 5.99. The second-order valence-corrected chi connectivity index (χ2v) is 4.55. The van der Waals surface area contributed by atoms with Crippen molar-refractivity contribution in [3.8, 4) is 0 Å². The van der Waals surface area contributed by atoms with Crippen LogP contribution in [-0.4, -0.2) is 32.4 Å². The second-order valence-electron chi connectivity index (χ2n) is 4.55. The molecule has 1 aromatic rings. The van der Waals surface area contributed by atoms with E-state index in [0.717, 1.165) is 0 Å². The Morgan fingerprint density at radius 1 is 1.47 bits per heavy atom. The molecule has 0 spiro atoms. The maximum absolute atomic E-state index is 11.8. The van der Waals surface area contributed by atoms with Gasteiger partial charge in [-0.25, -0.2) is 9.59 Å². The minimum atomic E-state index is -1.26. The van der Waals surface area contributed by atoms with Crippen LogP contribution in [-0.2, 0) is 11.3 Å². The Morgan fingerprint density at radius 2 is 2.16 bits per heavy atom. The summed E-state index contributed by atoms with van der Waals surface area (Å²) >= 11 is 0. The van der Waals surface area contributed by atoms with E-state index in [1.54, 1.807) is 10.9 Å². The van der Waals surface area contributed by atoms with Crippen molar-refractivity contribution in [2.45, 2.75) is 45.7 Å². The lowest BCUT2D eigenvalue weighted by molar-refractivity contribution is -0.143. The van der Waals surface area contributed by atoms with Gasteiger partial charge in [0.05, 0.1) is 11.9 Å². The Hall–Kier alpha value is -2.05. The second kappa shape index (κ2) is 6.21. The monoisotopic (exact) mass is 268 g/mol. The normalized spacial score (nSPS) is 13.6. The summed E-state index contributed by atoms with van der Waals surface area (Å²) in [6.07, 6.45) is 4.22. The number of carbonyl (C=O) groups is 2. The number of amides is 2. The van der Waals surface area contributed by atoms with Gasteiger partial charge in [0.1, 0.15) is 5.54 Å². The van der Waals surface area contributed by atoms with E-state index < -0.39 is 17.5 Å². The third-order valence-electron chi connectivity index (χ3n) is 2.83. The van der Waals surface area contributed by atoms with Crippen LogP contribution in [0.1, 0.15) is 33.6 Å². The molecule has 0 aliphatic heterocycles. The van der Waals surface area contributed by atoms with E-state index in [4.69, 9.17) is 5.11 Å². The maximum Gasteiger partial charge on any atom is 0.329 e. The zero-order valence-corrected chi connectivity index (χ0v) is 11.4. The Morgan fingerprint density at radius 3 is 2.63 bits per heavy atom. The van der Waals surface area contributed by atoms with E-state index in [9.17, 15) is 9.59 Å². The Kier molecular flexibility index (Phi) is 4.91. The van der Waals surface area contributed by atoms with Gasteiger partial charge in [-0.2, -0.15) is 5.10 Å². The van der Waals surface area contributed by atoms with E-state index in [0.29, 0.717) is 25.1 Å². The van der Waals surface area contributed by atoms with Crippen LogP contribution in [0, 0.1) is 0 Å². The first kappa shape index (κ1) is 15.0. The number of urea groups is 1. The van der Waals surface area contributed by atoms with Gasteiger partial charge in [0.15, 0.2) is 0 Å². The number of carboxylic acid groups (broad SMARTS) is 1. The number of hydrogen-bond donors (Lipinski definition) is 3. The summed E-state index contributed by atoms with van der Waals surface area (Å²) in [4.78, 5) is 23.0. The van der Waals surface area contributed by atoms with Crippen LogP contribution in [0.2, 0.25) is 0 Å². The van der Waals surface area contributed by atoms with Crippen LogP contribution >= 0.6 is 0 Å². The molecule has 1 rings (SSSR count). The predicted molar refractivity (Wildman–Crippen MR) is 71.0 cm³/mol. The van der Waals surface area contributed by atoms with Crippen LogP contribution in [0.4, 0.5) is 10.5 Å². The smallest absolute Gasteiger partial charge is 0.329 e. The molecule has 19 heavy (non-hydrogen) atoms. The van der Waals surface area contributed by atoms with Crippen LogP contribution in [0.3, 0.4) is 0 Å². The number of rotatable bonds is 6. The molecule has 1 heterocycles. The largest absolute Gasteiger partial charge is 0.480 e. The fourth-order valence-electron chi connectivity index (χ4n) is 1.74. The summed E-state index contributed by atoms with van der Waals surface area (Å²) in [7, 11) is 0. The van der Waals surface area contributed by atoms with Crippen molar-refractivity contribution in [3.05, 3.63) is 12.4 Å². The first-order chi connectivity index (χ1) is 8.91. The van der Waals surface area contributed by atoms with E-state index in [1.807, 2.05) is 13.8 Å². The van der Waals surface area contributed by atoms with Crippen LogP contribution in [0.25, 0.3) is 0 Å². The van der Waals surface area contributed by atoms with Crippen LogP contribution in [0.15, 0.2) is 12.4 Å². The molecule has 0 aliphatic rings. The van der Waals surface area contributed by atoms with Crippen molar-refractivity contribution in [2.75, 3.05) is 5.32 Å². The van der Waals surface area contributed by atoms with Gasteiger partial charge in [0.2, 0.25) is 0 Å². The molecule has 0 bridgehead atoms. The SMILES string of the molecule is CCCC(C)(NC(=O)Nc1cnn(CC)c1)C(=O)O. The van der Waals surface area contributed by atoms with Gasteiger partial charge in [-0.15, -0.1) is 0 Å². The highest BCUT2D eigenvalue weighted by Crippen LogP contribution is 2.13. The van der Waals surface area contributed by atoms with Gasteiger partial charge in [-0.05, 0) is 20.3 Å². The number of carbonyl (C=O) groups excluding carboxylic acids is 1. The van der Waals surface area contributed by atoms with Crippen molar-refractivity contribution in [1.29, 1.82) is 0 Å². The fourth-order valence-corrected chi connectivity index (χ4v) is 1.74. The van der Waals surface area contributed by atoms with Crippen molar-refractivity contribution in [2.24, 2.45) is 0 Å². The highest BCUT2D eigenvalue weighted by molar-refractivity contribution is 5.93. The Balaban J connectivity index is 2.65. The molecule has 0 aliphatic carbocycles. The van der Waals surface area contributed by atoms with Crippen LogP contribution in [0.5, 0.6) is 0 Å². The van der Waals surface area contributed by atoms with Gasteiger partial charge in [-0.1, -0.05) is 13.3 Å². The minimum Gasteiger partial charge on any atom is -0.480 e. The summed E-state index contributed by atoms with van der Waals surface area (Å²) in [5.41, 5.74) is -0.733. The highest BCUT2D eigenvalue weighted by Gasteiger charge is 2.33. The fraction of sp³-hybridized carbons (Fsp3) is 0.583. The molecule has 0 aromatic carbocycles. The first-order valence-electron chi connectivity index (χ1n) is 6.26. The van der Waals surface area contributed by atoms with Crippen molar-refractivity contribution >= 4 is 17.7 Å². The number of aryl methyl sites for hydroxylation is 1. The van der Waals surface area contributed by atoms with Crippen molar-refractivity contribution in [3.63, 3.8) is 0 Å². The van der Waals surface area contributed by atoms with Crippen molar-refractivity contribution < 1.29 is 14.7 Å². The number of aromatic nitrogens is 2. The van der Waals surface area contributed by atoms with Gasteiger partial charge in [0, 0.05) is 12.7 Å². The lowest BCUT2D eigenvalue weighted by atomic mass is 9.97. The molecule has 106 valence electrons. The van der Waals surface area contributed by atoms with Gasteiger partial charge >= 0.3 is 12.0 Å². The van der Waals surface area contributed by atoms with E-state index >= 15 is 0 Å². The molecule has 1 aromatic heterocycles. The molecule has 0 fully saturated rings. The molecule has 2 amide bonds. The van der Waals surface area contributed by atoms with E-state index in [2.05, 4.69) is 15.7 Å². The summed E-state index contributed by atoms with van der Waals surface area (Å²) < 4.78 is 1.66. The molecular formula is C12H20N4O3. The number of aliphatic carboxylic acids is 1. The zero-order valence-electron chi connectivity index (χ0n) is 11.4. The number of carboxylic acids is 1. The Labute approximate surface area is 112 Å². The predicted octanol–water partition coefficient (Wildman–Crippen LogP) is 1.67. The molecule has 1 unspecified atom stereocenters. The van der Waals surface area contributed by atoms with Gasteiger partial charge in [-0.3, -0.25) is 4.68 Å². The average Bonchev–Trinajstić information content (AvgIpc) is 2.76. The Bertz CT molecular complexity index is 458. The topological polar surface area (TPSA) is 96.3 Å². The molecule has 3 N–H and O–H groups in total.